The molecule has 3 fully saturated rings. The Morgan fingerprint density at radius 3 is 2.76 bits per heavy atom. The summed E-state index contributed by atoms with van der Waals surface area (Å²) >= 11 is 0. The van der Waals surface area contributed by atoms with E-state index in [4.69, 9.17) is 18.9 Å². The second-order valence-electron chi connectivity index (χ2n) is 13.5. The zero-order valence-electron chi connectivity index (χ0n) is 24.5. The molecule has 0 radical (unpaired) electrons. The van der Waals surface area contributed by atoms with Crippen molar-refractivity contribution >= 4 is 22.6 Å². The number of carbonyl (C=O) groups excluding carboxylic acids is 2. The fourth-order valence-electron chi connectivity index (χ4n) is 9.11. The van der Waals surface area contributed by atoms with E-state index in [1.165, 1.54) is 10.9 Å². The van der Waals surface area contributed by atoms with Gasteiger partial charge in [-0.15, -0.1) is 0 Å². The van der Waals surface area contributed by atoms with Crippen LogP contribution in [0.2, 0.25) is 0 Å². The third kappa shape index (κ3) is 3.35. The number of carbonyl (C=O) groups is 2. The molecule has 3 heterocycles. The van der Waals surface area contributed by atoms with Crippen LogP contribution >= 0.6 is 0 Å². The van der Waals surface area contributed by atoms with E-state index in [0.29, 0.717) is 38.0 Å². The van der Waals surface area contributed by atoms with Crippen LogP contribution in [-0.2, 0) is 40.4 Å². The van der Waals surface area contributed by atoms with Crippen molar-refractivity contribution in [1.29, 1.82) is 0 Å². The Balaban J connectivity index is 1.35. The number of benzene rings is 1. The number of aromatic amines is 1. The standard InChI is InChI=1S/C32H40N2O7/c1-28(2)27-22(35)16-23-31(40-27,41-28)11-10-29(3)30(4)18(14-20-19-8-6-7-9-21(19)34-26(20)30)15-24(32(23,29)37)39-17-25(36)33-12-13-38-5/h6-9,16,18,24,27,34,37H,10-15,17H2,1-5H3,(H,33,36)/t18-,24+,27+,29-,30-,31+,32+/m1/s1. The fourth-order valence-corrected chi connectivity index (χ4v) is 9.11. The largest absolute Gasteiger partial charge is 0.383 e. The van der Waals surface area contributed by atoms with Crippen molar-refractivity contribution in [2.75, 3.05) is 26.9 Å². The topological polar surface area (TPSA) is 119 Å². The van der Waals surface area contributed by atoms with Gasteiger partial charge in [-0.3, -0.25) is 9.59 Å². The Morgan fingerprint density at radius 2 is 1.98 bits per heavy atom. The van der Waals surface area contributed by atoms with E-state index < -0.39 is 40.0 Å². The van der Waals surface area contributed by atoms with Gasteiger partial charge in [0.25, 0.3) is 0 Å². The predicted molar refractivity (Wildman–Crippen MR) is 150 cm³/mol. The molecule has 2 bridgehead atoms. The monoisotopic (exact) mass is 564 g/mol. The lowest BCUT2D eigenvalue weighted by molar-refractivity contribution is -0.279. The van der Waals surface area contributed by atoms with E-state index in [1.54, 1.807) is 13.2 Å². The number of ether oxygens (including phenoxy) is 4. The first-order valence-corrected chi connectivity index (χ1v) is 14.8. The first kappa shape index (κ1) is 27.3. The molecule has 9 heteroatoms. The lowest BCUT2D eigenvalue weighted by Crippen LogP contribution is -2.75. The molecule has 1 amide bonds. The number of rotatable bonds is 6. The van der Waals surface area contributed by atoms with Crippen molar-refractivity contribution in [3.05, 3.63) is 47.2 Å². The van der Waals surface area contributed by atoms with Gasteiger partial charge in [0.05, 0.1) is 12.7 Å². The Hall–Kier alpha value is -2.56. The Morgan fingerprint density at radius 1 is 1.20 bits per heavy atom. The van der Waals surface area contributed by atoms with Crippen LogP contribution in [-0.4, -0.2) is 77.8 Å². The number of hydrogen-bond donors (Lipinski definition) is 3. The molecule has 1 aromatic heterocycles. The normalized spacial score (nSPS) is 40.0. The molecule has 1 spiro atoms. The first-order chi connectivity index (χ1) is 19.4. The zero-order chi connectivity index (χ0) is 29.0. The van der Waals surface area contributed by atoms with E-state index in [1.807, 2.05) is 19.9 Å². The minimum absolute atomic E-state index is 0.156. The Bertz CT molecular complexity index is 1480. The number of methoxy groups -OCH3 is 1. The maximum atomic E-state index is 13.5. The summed E-state index contributed by atoms with van der Waals surface area (Å²) in [5.41, 5.74) is 0.229. The van der Waals surface area contributed by atoms with Crippen LogP contribution in [0.5, 0.6) is 0 Å². The molecule has 7 rings (SSSR count). The summed E-state index contributed by atoms with van der Waals surface area (Å²) < 4.78 is 24.4. The van der Waals surface area contributed by atoms with Gasteiger partial charge in [-0.25, -0.2) is 0 Å². The molecule has 2 aromatic rings. The summed E-state index contributed by atoms with van der Waals surface area (Å²) in [6.07, 6.45) is 2.53. The van der Waals surface area contributed by atoms with Gasteiger partial charge in [-0.1, -0.05) is 32.0 Å². The lowest BCUT2D eigenvalue weighted by atomic mass is 9.41. The van der Waals surface area contributed by atoms with Gasteiger partial charge >= 0.3 is 0 Å². The van der Waals surface area contributed by atoms with Crippen molar-refractivity contribution in [2.45, 2.75) is 88.0 Å². The minimum atomic E-state index is -1.64. The van der Waals surface area contributed by atoms with E-state index in [-0.39, 0.29) is 24.2 Å². The van der Waals surface area contributed by atoms with E-state index in [0.717, 1.165) is 17.6 Å². The highest BCUT2D eigenvalue weighted by Gasteiger charge is 2.78. The SMILES string of the molecule is COCCNC(=O)CO[C@H]1C[C@H]2Cc3c([nH]c4ccccc34)[C@]2(C)[C@@]2(C)CC[C@@]34O[C@@H](C(=O)C=C3[C@]12O)C(C)(C)O4. The van der Waals surface area contributed by atoms with Crippen LogP contribution in [0, 0.1) is 11.3 Å². The van der Waals surface area contributed by atoms with Crippen LogP contribution < -0.4 is 5.32 Å². The van der Waals surface area contributed by atoms with E-state index in [9.17, 15) is 14.7 Å². The molecular weight excluding hydrogens is 524 g/mol. The van der Waals surface area contributed by atoms with Gasteiger partial charge in [0, 0.05) is 53.1 Å². The number of amides is 1. The van der Waals surface area contributed by atoms with Gasteiger partial charge in [-0.2, -0.15) is 0 Å². The van der Waals surface area contributed by atoms with Gasteiger partial charge in [0.2, 0.25) is 5.91 Å². The van der Waals surface area contributed by atoms with Crippen molar-refractivity contribution in [1.82, 2.24) is 10.3 Å². The molecule has 2 aliphatic heterocycles. The molecule has 220 valence electrons. The fraction of sp³-hybridized carbons (Fsp3) is 0.625. The summed E-state index contributed by atoms with van der Waals surface area (Å²) in [5, 5.41) is 17.3. The average molecular weight is 565 g/mol. The second kappa shape index (κ2) is 8.74. The maximum Gasteiger partial charge on any atom is 0.246 e. The van der Waals surface area contributed by atoms with Gasteiger partial charge < -0.3 is 34.4 Å². The highest BCUT2D eigenvalue weighted by Crippen LogP contribution is 2.72. The third-order valence-electron chi connectivity index (χ3n) is 11.3. The Labute approximate surface area is 239 Å². The van der Waals surface area contributed by atoms with E-state index >= 15 is 0 Å². The predicted octanol–water partition coefficient (Wildman–Crippen LogP) is 3.08. The summed E-state index contributed by atoms with van der Waals surface area (Å²) in [7, 11) is 1.58. The van der Waals surface area contributed by atoms with Crippen LogP contribution in [0.25, 0.3) is 10.9 Å². The Kier molecular flexibility index (Phi) is 5.81. The van der Waals surface area contributed by atoms with Crippen molar-refractivity contribution in [2.24, 2.45) is 11.3 Å². The summed E-state index contributed by atoms with van der Waals surface area (Å²) in [5.74, 6) is -1.55. The van der Waals surface area contributed by atoms with Gasteiger partial charge in [-0.05, 0) is 56.7 Å². The molecule has 5 aliphatic rings. The van der Waals surface area contributed by atoms with Crippen molar-refractivity contribution < 1.29 is 33.6 Å². The molecule has 1 saturated heterocycles. The van der Waals surface area contributed by atoms with Crippen molar-refractivity contribution in [3.63, 3.8) is 0 Å². The van der Waals surface area contributed by atoms with E-state index in [2.05, 4.69) is 42.3 Å². The smallest absolute Gasteiger partial charge is 0.246 e. The maximum absolute atomic E-state index is 13.5. The number of fused-ring (bicyclic) bond motifs is 9. The quantitative estimate of drug-likeness (QED) is 0.462. The van der Waals surface area contributed by atoms with Gasteiger partial charge in [0.1, 0.15) is 17.8 Å². The number of aliphatic hydroxyl groups is 1. The summed E-state index contributed by atoms with van der Waals surface area (Å²) in [6, 6.07) is 8.34. The number of para-hydroxylation sites is 1. The number of ketones is 1. The summed E-state index contributed by atoms with van der Waals surface area (Å²) in [6.45, 7) is 8.66. The molecule has 9 nitrogen and oxygen atoms in total. The van der Waals surface area contributed by atoms with Crippen LogP contribution in [0.3, 0.4) is 0 Å². The number of aromatic nitrogens is 1. The molecule has 3 aliphatic carbocycles. The molecule has 7 atom stereocenters. The zero-order valence-corrected chi connectivity index (χ0v) is 24.5. The molecule has 1 aromatic carbocycles. The van der Waals surface area contributed by atoms with Gasteiger partial charge in [0.15, 0.2) is 17.7 Å². The third-order valence-corrected chi connectivity index (χ3v) is 11.3. The molecule has 2 saturated carbocycles. The highest BCUT2D eigenvalue weighted by atomic mass is 16.8. The number of hydrogen-bond acceptors (Lipinski definition) is 7. The first-order valence-electron chi connectivity index (χ1n) is 14.8. The molecule has 41 heavy (non-hydrogen) atoms. The average Bonchev–Trinajstić information content (AvgIpc) is 3.52. The van der Waals surface area contributed by atoms with Crippen LogP contribution in [0.15, 0.2) is 35.9 Å². The number of H-pyrrole nitrogens is 1. The number of nitrogens with one attached hydrogen (secondary N) is 2. The second-order valence-corrected chi connectivity index (χ2v) is 13.5. The highest BCUT2D eigenvalue weighted by molar-refractivity contribution is 5.97. The lowest BCUT2D eigenvalue weighted by Gasteiger charge is -2.67. The molecule has 0 unspecified atom stereocenters. The molecule has 3 N–H and O–H groups in total. The summed E-state index contributed by atoms with van der Waals surface area (Å²) in [4.78, 5) is 29.9. The molecular formula is C32H40N2O7. The van der Waals surface area contributed by atoms with Crippen LogP contribution in [0.4, 0.5) is 0 Å². The van der Waals surface area contributed by atoms with Crippen molar-refractivity contribution in [3.8, 4) is 0 Å². The minimum Gasteiger partial charge on any atom is -0.383 e. The van der Waals surface area contributed by atoms with Crippen LogP contribution in [0.1, 0.15) is 58.2 Å².